The summed E-state index contributed by atoms with van der Waals surface area (Å²) in [5, 5.41) is 0. The molecule has 3 heteroatoms. The molecule has 16 heavy (non-hydrogen) atoms. The van der Waals surface area contributed by atoms with Crippen LogP contribution in [-0.4, -0.2) is 13.1 Å². The number of halogens is 1. The van der Waals surface area contributed by atoms with Gasteiger partial charge in [-0.3, -0.25) is 0 Å². The van der Waals surface area contributed by atoms with Gasteiger partial charge < -0.3 is 10.6 Å². The SMILES string of the molecule is Cl.NCc1cc2c3c(c1)CCCN3CCC2. The van der Waals surface area contributed by atoms with Gasteiger partial charge in [0.15, 0.2) is 0 Å². The molecule has 3 rings (SSSR count). The van der Waals surface area contributed by atoms with Crippen LogP contribution >= 0.6 is 12.4 Å². The molecule has 2 nitrogen and oxygen atoms in total. The highest BCUT2D eigenvalue weighted by Gasteiger charge is 2.23. The summed E-state index contributed by atoms with van der Waals surface area (Å²) in [6.07, 6.45) is 5.10. The minimum absolute atomic E-state index is 0. The molecule has 88 valence electrons. The molecule has 0 aromatic heterocycles. The smallest absolute Gasteiger partial charge is 0.0431 e. The van der Waals surface area contributed by atoms with E-state index in [0.717, 1.165) is 0 Å². The van der Waals surface area contributed by atoms with E-state index in [4.69, 9.17) is 5.73 Å². The molecule has 0 aliphatic carbocycles. The van der Waals surface area contributed by atoms with E-state index in [9.17, 15) is 0 Å². The van der Waals surface area contributed by atoms with Gasteiger partial charge in [-0.2, -0.15) is 0 Å². The van der Waals surface area contributed by atoms with E-state index in [1.807, 2.05) is 0 Å². The molecule has 0 amide bonds. The van der Waals surface area contributed by atoms with Gasteiger partial charge in [0.2, 0.25) is 0 Å². The highest BCUT2D eigenvalue weighted by molar-refractivity contribution is 5.85. The van der Waals surface area contributed by atoms with Crippen molar-refractivity contribution in [1.29, 1.82) is 0 Å². The zero-order chi connectivity index (χ0) is 10.3. The van der Waals surface area contributed by atoms with Crippen molar-refractivity contribution in [3.8, 4) is 0 Å². The predicted octanol–water partition coefficient (Wildman–Crippen LogP) is 2.27. The topological polar surface area (TPSA) is 29.3 Å². The number of anilines is 1. The van der Waals surface area contributed by atoms with Crippen molar-refractivity contribution in [1.82, 2.24) is 0 Å². The van der Waals surface area contributed by atoms with Crippen LogP contribution in [0.4, 0.5) is 5.69 Å². The number of nitrogens with zero attached hydrogens (tertiary/aromatic N) is 1. The van der Waals surface area contributed by atoms with Gasteiger partial charge >= 0.3 is 0 Å². The Morgan fingerprint density at radius 2 is 1.62 bits per heavy atom. The Hall–Kier alpha value is -0.730. The third kappa shape index (κ3) is 1.80. The first kappa shape index (κ1) is 11.7. The first-order valence-electron chi connectivity index (χ1n) is 5.98. The summed E-state index contributed by atoms with van der Waals surface area (Å²) in [6, 6.07) is 4.63. The molecule has 2 aliphatic heterocycles. The van der Waals surface area contributed by atoms with Crippen LogP contribution in [0.2, 0.25) is 0 Å². The second kappa shape index (κ2) is 4.64. The van der Waals surface area contributed by atoms with Crippen LogP contribution in [-0.2, 0) is 19.4 Å². The van der Waals surface area contributed by atoms with Crippen LogP contribution in [0.25, 0.3) is 0 Å². The fraction of sp³-hybridized carbons (Fsp3) is 0.538. The molecular weight excluding hydrogens is 220 g/mol. The number of nitrogens with two attached hydrogens (primary N) is 1. The van der Waals surface area contributed by atoms with Gasteiger partial charge in [0.25, 0.3) is 0 Å². The fourth-order valence-electron chi connectivity index (χ4n) is 2.99. The zero-order valence-electron chi connectivity index (χ0n) is 9.54. The molecule has 2 heterocycles. The van der Waals surface area contributed by atoms with E-state index in [1.165, 1.54) is 44.3 Å². The van der Waals surface area contributed by atoms with Crippen LogP contribution in [0, 0.1) is 0 Å². The van der Waals surface area contributed by atoms with E-state index in [0.29, 0.717) is 6.54 Å². The quantitative estimate of drug-likeness (QED) is 0.813. The van der Waals surface area contributed by atoms with E-state index in [2.05, 4.69) is 17.0 Å². The Balaban J connectivity index is 0.000000963. The monoisotopic (exact) mass is 238 g/mol. The molecule has 0 fully saturated rings. The standard InChI is InChI=1S/C13H18N2.ClH/c14-9-10-7-11-3-1-5-15-6-2-4-12(8-10)13(11)15;/h7-8H,1-6,9,14H2;1H. The van der Waals surface area contributed by atoms with Crippen molar-refractivity contribution in [2.45, 2.75) is 32.2 Å². The molecule has 2 aliphatic rings. The van der Waals surface area contributed by atoms with Gasteiger partial charge in [0, 0.05) is 25.3 Å². The molecule has 0 saturated carbocycles. The molecular formula is C13H19ClN2. The largest absolute Gasteiger partial charge is 0.371 e. The van der Waals surface area contributed by atoms with Gasteiger partial charge in [-0.1, -0.05) is 12.1 Å². The Bertz CT molecular complexity index is 359. The van der Waals surface area contributed by atoms with Crippen LogP contribution in [0.1, 0.15) is 29.5 Å². The minimum Gasteiger partial charge on any atom is -0.371 e. The minimum atomic E-state index is 0. The number of benzene rings is 1. The van der Waals surface area contributed by atoms with Crippen LogP contribution in [0.3, 0.4) is 0 Å². The van der Waals surface area contributed by atoms with E-state index in [-0.39, 0.29) is 12.4 Å². The summed E-state index contributed by atoms with van der Waals surface area (Å²) in [7, 11) is 0. The van der Waals surface area contributed by atoms with Crippen LogP contribution in [0.5, 0.6) is 0 Å². The van der Waals surface area contributed by atoms with Crippen molar-refractivity contribution >= 4 is 18.1 Å². The van der Waals surface area contributed by atoms with Crippen molar-refractivity contribution in [3.63, 3.8) is 0 Å². The van der Waals surface area contributed by atoms with Gasteiger partial charge in [-0.05, 0) is 42.4 Å². The lowest BCUT2D eigenvalue weighted by atomic mass is 9.90. The maximum absolute atomic E-state index is 5.75. The summed E-state index contributed by atoms with van der Waals surface area (Å²) in [4.78, 5) is 2.57. The van der Waals surface area contributed by atoms with Crippen LogP contribution in [0.15, 0.2) is 12.1 Å². The third-order valence-electron chi connectivity index (χ3n) is 3.63. The summed E-state index contributed by atoms with van der Waals surface area (Å²) in [5.41, 5.74) is 11.7. The Labute approximate surface area is 103 Å². The first-order chi connectivity index (χ1) is 7.38. The summed E-state index contributed by atoms with van der Waals surface area (Å²) in [5.74, 6) is 0. The number of hydrogen-bond acceptors (Lipinski definition) is 2. The number of rotatable bonds is 1. The molecule has 0 bridgehead atoms. The molecule has 0 radical (unpaired) electrons. The molecule has 1 aromatic rings. The lowest BCUT2D eigenvalue weighted by Gasteiger charge is -2.37. The van der Waals surface area contributed by atoms with Gasteiger partial charge in [-0.15, -0.1) is 12.4 Å². The second-order valence-electron chi connectivity index (χ2n) is 4.66. The van der Waals surface area contributed by atoms with E-state index < -0.39 is 0 Å². The number of hydrogen-bond donors (Lipinski definition) is 1. The van der Waals surface area contributed by atoms with Crippen molar-refractivity contribution in [2.24, 2.45) is 5.73 Å². The average Bonchev–Trinajstić information content (AvgIpc) is 2.29. The normalized spacial score (nSPS) is 17.7. The Kier molecular flexibility index (Phi) is 3.41. The Morgan fingerprint density at radius 3 is 2.12 bits per heavy atom. The molecule has 0 saturated heterocycles. The maximum atomic E-state index is 5.75. The molecule has 0 unspecified atom stereocenters. The highest BCUT2D eigenvalue weighted by atomic mass is 35.5. The molecule has 1 aromatic carbocycles. The van der Waals surface area contributed by atoms with E-state index in [1.54, 1.807) is 16.8 Å². The van der Waals surface area contributed by atoms with Gasteiger partial charge in [0.05, 0.1) is 0 Å². The highest BCUT2D eigenvalue weighted by Crippen LogP contribution is 2.35. The van der Waals surface area contributed by atoms with Gasteiger partial charge in [0.1, 0.15) is 0 Å². The van der Waals surface area contributed by atoms with Crippen molar-refractivity contribution in [2.75, 3.05) is 18.0 Å². The fourth-order valence-corrected chi connectivity index (χ4v) is 2.99. The predicted molar refractivity (Wildman–Crippen MR) is 70.4 cm³/mol. The molecule has 0 spiro atoms. The van der Waals surface area contributed by atoms with Crippen molar-refractivity contribution < 1.29 is 0 Å². The van der Waals surface area contributed by atoms with Crippen LogP contribution < -0.4 is 10.6 Å². The molecule has 0 atom stereocenters. The maximum Gasteiger partial charge on any atom is 0.0431 e. The van der Waals surface area contributed by atoms with E-state index >= 15 is 0 Å². The average molecular weight is 239 g/mol. The van der Waals surface area contributed by atoms with Crippen molar-refractivity contribution in [3.05, 3.63) is 28.8 Å². The zero-order valence-corrected chi connectivity index (χ0v) is 10.4. The Morgan fingerprint density at radius 1 is 1.06 bits per heavy atom. The lowest BCUT2D eigenvalue weighted by molar-refractivity contribution is 0.633. The van der Waals surface area contributed by atoms with Gasteiger partial charge in [-0.25, -0.2) is 0 Å². The first-order valence-corrected chi connectivity index (χ1v) is 5.98. The third-order valence-corrected chi connectivity index (χ3v) is 3.63. The second-order valence-corrected chi connectivity index (χ2v) is 4.66. The lowest BCUT2D eigenvalue weighted by Crippen LogP contribution is -2.34. The molecule has 2 N–H and O–H groups in total. The summed E-state index contributed by atoms with van der Waals surface area (Å²) >= 11 is 0. The summed E-state index contributed by atoms with van der Waals surface area (Å²) in [6.45, 7) is 3.18. The summed E-state index contributed by atoms with van der Waals surface area (Å²) < 4.78 is 0. The number of aryl methyl sites for hydroxylation is 2.